The van der Waals surface area contributed by atoms with E-state index in [0.717, 1.165) is 23.3 Å². The van der Waals surface area contributed by atoms with Gasteiger partial charge in [0.15, 0.2) is 0 Å². The summed E-state index contributed by atoms with van der Waals surface area (Å²) < 4.78 is 0. The van der Waals surface area contributed by atoms with E-state index in [1.807, 2.05) is 13.8 Å². The quantitative estimate of drug-likeness (QED) is 0.846. The smallest absolute Gasteiger partial charge is 0.305 e. The molecule has 0 bridgehead atoms. The number of aryl methyl sites for hydroxylation is 3. The lowest BCUT2D eigenvalue weighted by atomic mass is 10.1. The van der Waals surface area contributed by atoms with Crippen molar-refractivity contribution in [2.24, 2.45) is 0 Å². The molecule has 0 aromatic carbocycles. The normalized spacial score (nSPS) is 17.4. The molecule has 0 spiro atoms. The molecule has 2 aromatic heterocycles. The second kappa shape index (κ2) is 6.95. The summed E-state index contributed by atoms with van der Waals surface area (Å²) in [5.41, 5.74) is 0.782. The van der Waals surface area contributed by atoms with Gasteiger partial charge in [0.2, 0.25) is 5.91 Å². The summed E-state index contributed by atoms with van der Waals surface area (Å²) in [5.74, 6) is -0.462. The fourth-order valence-corrected chi connectivity index (χ4v) is 4.41. The maximum atomic E-state index is 12.4. The van der Waals surface area contributed by atoms with Crippen molar-refractivity contribution < 1.29 is 14.7 Å². The Morgan fingerprint density at radius 1 is 1.40 bits per heavy atom. The Morgan fingerprint density at radius 3 is 2.88 bits per heavy atom. The van der Waals surface area contributed by atoms with Crippen LogP contribution >= 0.6 is 11.3 Å². The maximum Gasteiger partial charge on any atom is 0.305 e. The first kappa shape index (κ1) is 17.6. The molecule has 3 rings (SSSR count). The van der Waals surface area contributed by atoms with Gasteiger partial charge in [-0.05, 0) is 32.3 Å². The number of carboxylic acid groups (broad SMARTS) is 1. The number of aromatic nitrogens is 2. The van der Waals surface area contributed by atoms with E-state index >= 15 is 0 Å². The number of aromatic amines is 1. The van der Waals surface area contributed by atoms with Crippen LogP contribution in [0.5, 0.6) is 0 Å². The number of rotatable bonds is 5. The maximum absolute atomic E-state index is 12.4. The van der Waals surface area contributed by atoms with E-state index in [9.17, 15) is 14.4 Å². The highest BCUT2D eigenvalue weighted by molar-refractivity contribution is 7.18. The highest BCUT2D eigenvalue weighted by Crippen LogP contribution is 2.26. The van der Waals surface area contributed by atoms with Crippen LogP contribution in [0.2, 0.25) is 0 Å². The largest absolute Gasteiger partial charge is 0.481 e. The summed E-state index contributed by atoms with van der Waals surface area (Å²) in [6.45, 7) is 4.47. The van der Waals surface area contributed by atoms with Gasteiger partial charge >= 0.3 is 5.97 Å². The van der Waals surface area contributed by atoms with Gasteiger partial charge in [-0.25, -0.2) is 4.98 Å². The highest BCUT2D eigenvalue weighted by atomic mass is 32.1. The molecule has 0 saturated carbocycles. The number of nitrogens with one attached hydrogen (secondary N) is 1. The zero-order valence-corrected chi connectivity index (χ0v) is 15.1. The molecule has 1 aliphatic heterocycles. The molecule has 1 saturated heterocycles. The summed E-state index contributed by atoms with van der Waals surface area (Å²) in [5, 5.41) is 9.57. The molecule has 1 atom stereocenters. The van der Waals surface area contributed by atoms with E-state index in [1.165, 1.54) is 11.3 Å². The van der Waals surface area contributed by atoms with Gasteiger partial charge in [0.1, 0.15) is 10.7 Å². The van der Waals surface area contributed by atoms with Gasteiger partial charge in [-0.2, -0.15) is 0 Å². The lowest BCUT2D eigenvalue weighted by Crippen LogP contribution is -2.37. The molecular weight excluding hydrogens is 342 g/mol. The Hall–Kier alpha value is -2.22. The van der Waals surface area contributed by atoms with E-state index in [0.29, 0.717) is 29.0 Å². The van der Waals surface area contributed by atoms with Crippen molar-refractivity contribution in [2.45, 2.75) is 52.0 Å². The second-order valence-corrected chi connectivity index (χ2v) is 7.66. The Kier molecular flexibility index (Phi) is 4.89. The number of likely N-dealkylation sites (tertiary alicyclic amines) is 1. The Bertz CT molecular complexity index is 886. The number of carbonyl (C=O) groups excluding carboxylic acids is 1. The molecule has 134 valence electrons. The van der Waals surface area contributed by atoms with Crippen LogP contribution in [-0.2, 0) is 16.0 Å². The SMILES string of the molecule is Cc1sc2nc(CCC(=O)N3CCCC3CC(=O)O)[nH]c(=O)c2c1C. The molecular formula is C17H21N3O4S. The van der Waals surface area contributed by atoms with E-state index in [-0.39, 0.29) is 30.3 Å². The molecule has 0 aliphatic carbocycles. The highest BCUT2D eigenvalue weighted by Gasteiger charge is 2.30. The van der Waals surface area contributed by atoms with Crippen molar-refractivity contribution >= 4 is 33.4 Å². The topological polar surface area (TPSA) is 103 Å². The van der Waals surface area contributed by atoms with Crippen LogP contribution in [0.4, 0.5) is 0 Å². The fourth-order valence-electron chi connectivity index (χ4n) is 3.36. The van der Waals surface area contributed by atoms with Gasteiger partial charge in [-0.15, -0.1) is 11.3 Å². The van der Waals surface area contributed by atoms with Gasteiger partial charge in [0, 0.05) is 30.3 Å². The number of hydrogen-bond acceptors (Lipinski definition) is 5. The Labute approximate surface area is 148 Å². The first-order chi connectivity index (χ1) is 11.9. The lowest BCUT2D eigenvalue weighted by molar-refractivity contribution is -0.139. The van der Waals surface area contributed by atoms with Crippen molar-refractivity contribution in [1.82, 2.24) is 14.9 Å². The van der Waals surface area contributed by atoms with E-state index < -0.39 is 5.97 Å². The fraction of sp³-hybridized carbons (Fsp3) is 0.529. The molecule has 7 nitrogen and oxygen atoms in total. The zero-order chi connectivity index (χ0) is 18.1. The van der Waals surface area contributed by atoms with Crippen LogP contribution in [-0.4, -0.2) is 44.4 Å². The van der Waals surface area contributed by atoms with Crippen LogP contribution in [0.25, 0.3) is 10.2 Å². The summed E-state index contributed by atoms with van der Waals surface area (Å²) in [6, 6.07) is -0.220. The predicted octanol–water partition coefficient (Wildman–Crippen LogP) is 2.00. The third-order valence-corrected chi connectivity index (χ3v) is 5.87. The standard InChI is InChI=1S/C17H21N3O4S/c1-9-10(2)25-17-15(9)16(24)18-12(19-17)5-6-13(21)20-7-3-4-11(20)8-14(22)23/h11H,3-8H2,1-2H3,(H,22,23)(H,18,19,24). The number of hydrogen-bond donors (Lipinski definition) is 2. The molecule has 8 heteroatoms. The van der Waals surface area contributed by atoms with Crippen molar-refractivity contribution in [1.29, 1.82) is 0 Å². The van der Waals surface area contributed by atoms with Crippen molar-refractivity contribution in [2.75, 3.05) is 6.54 Å². The van der Waals surface area contributed by atoms with E-state index in [1.54, 1.807) is 4.90 Å². The Balaban J connectivity index is 1.71. The zero-order valence-electron chi connectivity index (χ0n) is 14.3. The summed E-state index contributed by atoms with van der Waals surface area (Å²) in [4.78, 5) is 46.3. The van der Waals surface area contributed by atoms with Gasteiger partial charge < -0.3 is 15.0 Å². The van der Waals surface area contributed by atoms with E-state index in [4.69, 9.17) is 5.11 Å². The molecule has 1 unspecified atom stereocenters. The molecule has 1 fully saturated rings. The van der Waals surface area contributed by atoms with Gasteiger partial charge in [0.05, 0.1) is 11.8 Å². The van der Waals surface area contributed by atoms with Crippen LogP contribution < -0.4 is 5.56 Å². The molecule has 2 aromatic rings. The number of aliphatic carboxylic acids is 1. The summed E-state index contributed by atoms with van der Waals surface area (Å²) in [7, 11) is 0. The molecule has 1 aliphatic rings. The second-order valence-electron chi connectivity index (χ2n) is 6.46. The average molecular weight is 363 g/mol. The molecule has 2 N–H and O–H groups in total. The minimum atomic E-state index is -0.885. The van der Waals surface area contributed by atoms with E-state index in [2.05, 4.69) is 9.97 Å². The first-order valence-electron chi connectivity index (χ1n) is 8.37. The number of H-pyrrole nitrogens is 1. The number of amides is 1. The molecule has 0 radical (unpaired) electrons. The number of thiophene rings is 1. The van der Waals surface area contributed by atoms with Crippen LogP contribution in [0, 0.1) is 13.8 Å². The third kappa shape index (κ3) is 3.58. The minimum absolute atomic E-state index is 0.0134. The van der Waals surface area contributed by atoms with Crippen LogP contribution in [0.3, 0.4) is 0 Å². The predicted molar refractivity (Wildman–Crippen MR) is 95.0 cm³/mol. The number of nitrogens with zero attached hydrogens (tertiary/aromatic N) is 2. The lowest BCUT2D eigenvalue weighted by Gasteiger charge is -2.23. The van der Waals surface area contributed by atoms with Gasteiger partial charge in [-0.1, -0.05) is 0 Å². The monoisotopic (exact) mass is 363 g/mol. The summed E-state index contributed by atoms with van der Waals surface area (Å²) >= 11 is 1.48. The van der Waals surface area contributed by atoms with Crippen molar-refractivity contribution in [3.8, 4) is 0 Å². The van der Waals surface area contributed by atoms with Crippen LogP contribution in [0.15, 0.2) is 4.79 Å². The Morgan fingerprint density at radius 2 is 2.16 bits per heavy atom. The molecule has 1 amide bonds. The first-order valence-corrected chi connectivity index (χ1v) is 9.18. The van der Waals surface area contributed by atoms with Crippen molar-refractivity contribution in [3.63, 3.8) is 0 Å². The number of fused-ring (bicyclic) bond motifs is 1. The van der Waals surface area contributed by atoms with Crippen LogP contribution in [0.1, 0.15) is 41.9 Å². The average Bonchev–Trinajstić information content (AvgIpc) is 3.09. The van der Waals surface area contributed by atoms with Gasteiger partial charge in [-0.3, -0.25) is 14.4 Å². The molecule has 3 heterocycles. The minimum Gasteiger partial charge on any atom is -0.481 e. The number of carboxylic acids is 1. The van der Waals surface area contributed by atoms with Gasteiger partial charge in [0.25, 0.3) is 5.56 Å². The third-order valence-electron chi connectivity index (χ3n) is 4.77. The summed E-state index contributed by atoms with van der Waals surface area (Å²) in [6.07, 6.45) is 2.11. The molecule has 25 heavy (non-hydrogen) atoms. The number of carbonyl (C=O) groups is 2. The van der Waals surface area contributed by atoms with Crippen molar-refractivity contribution in [3.05, 3.63) is 26.6 Å².